The zero-order valence-corrected chi connectivity index (χ0v) is 18.1. The smallest absolute Gasteiger partial charge is 0.328 e. The Balaban J connectivity index is 1.61. The zero-order chi connectivity index (χ0) is 22.0. The summed E-state index contributed by atoms with van der Waals surface area (Å²) >= 11 is 0. The van der Waals surface area contributed by atoms with Gasteiger partial charge in [0.1, 0.15) is 0 Å². The van der Waals surface area contributed by atoms with Crippen LogP contribution >= 0.6 is 0 Å². The molecular formula is C21H28N6O3. The summed E-state index contributed by atoms with van der Waals surface area (Å²) in [5, 5.41) is 2.94. The summed E-state index contributed by atoms with van der Waals surface area (Å²) in [7, 11) is 5.18. The van der Waals surface area contributed by atoms with Gasteiger partial charge in [0.05, 0.1) is 12.9 Å². The van der Waals surface area contributed by atoms with E-state index in [1.807, 2.05) is 44.0 Å². The molecule has 1 N–H and O–H groups in total. The average molecular weight is 412 g/mol. The first-order chi connectivity index (χ1) is 14.2. The molecule has 0 unspecified atom stereocenters. The number of nitrogens with zero attached hydrogens (tertiary/aromatic N) is 5. The Morgan fingerprint density at radius 3 is 2.67 bits per heavy atom. The van der Waals surface area contributed by atoms with Crippen LogP contribution in [-0.2, 0) is 25.4 Å². The maximum Gasteiger partial charge on any atom is 0.332 e. The number of carbonyl (C=O) groups excluding carboxylic acids is 1. The number of aromatic nitrogens is 4. The van der Waals surface area contributed by atoms with E-state index in [2.05, 4.69) is 10.3 Å². The lowest BCUT2D eigenvalue weighted by Crippen LogP contribution is -2.40. The molecular weight excluding hydrogens is 384 g/mol. The van der Waals surface area contributed by atoms with E-state index in [1.165, 1.54) is 15.5 Å². The molecule has 0 saturated heterocycles. The van der Waals surface area contributed by atoms with E-state index in [4.69, 9.17) is 0 Å². The van der Waals surface area contributed by atoms with Gasteiger partial charge in [-0.2, -0.15) is 0 Å². The van der Waals surface area contributed by atoms with Crippen LogP contribution in [0.5, 0.6) is 0 Å². The van der Waals surface area contributed by atoms with Crippen molar-refractivity contribution in [3.8, 4) is 0 Å². The lowest BCUT2D eigenvalue weighted by atomic mass is 10.1. The average Bonchev–Trinajstić information content (AvgIpc) is 3.08. The van der Waals surface area contributed by atoms with E-state index in [9.17, 15) is 14.4 Å². The Labute approximate surface area is 174 Å². The van der Waals surface area contributed by atoms with E-state index in [-0.39, 0.29) is 30.2 Å². The first-order valence-electron chi connectivity index (χ1n) is 9.86. The molecule has 0 radical (unpaired) electrons. The molecule has 0 aliphatic rings. The molecule has 30 heavy (non-hydrogen) atoms. The maximum atomic E-state index is 12.7. The van der Waals surface area contributed by atoms with Crippen LogP contribution in [0.3, 0.4) is 0 Å². The molecule has 0 aliphatic heterocycles. The highest BCUT2D eigenvalue weighted by Gasteiger charge is 2.15. The molecule has 9 nitrogen and oxygen atoms in total. The van der Waals surface area contributed by atoms with Gasteiger partial charge in [-0.3, -0.25) is 23.6 Å². The molecule has 9 heteroatoms. The Hall–Kier alpha value is -3.20. The lowest BCUT2D eigenvalue weighted by Gasteiger charge is -2.17. The van der Waals surface area contributed by atoms with Gasteiger partial charge in [-0.05, 0) is 44.5 Å². The fourth-order valence-corrected chi connectivity index (χ4v) is 3.49. The molecule has 0 saturated carbocycles. The van der Waals surface area contributed by atoms with E-state index in [1.54, 1.807) is 18.7 Å². The van der Waals surface area contributed by atoms with Crippen LogP contribution in [-0.4, -0.2) is 49.6 Å². The third kappa shape index (κ3) is 4.20. The Bertz CT molecular complexity index is 1200. The number of anilines is 1. The Morgan fingerprint density at radius 1 is 1.20 bits per heavy atom. The molecule has 160 valence electrons. The second-order valence-corrected chi connectivity index (χ2v) is 7.71. The van der Waals surface area contributed by atoms with Crippen molar-refractivity contribution < 1.29 is 4.79 Å². The van der Waals surface area contributed by atoms with Crippen molar-refractivity contribution in [2.75, 3.05) is 25.5 Å². The third-order valence-corrected chi connectivity index (χ3v) is 5.41. The normalized spacial score (nSPS) is 11.4. The lowest BCUT2D eigenvalue weighted by molar-refractivity contribution is -0.117. The van der Waals surface area contributed by atoms with Gasteiger partial charge < -0.3 is 9.88 Å². The van der Waals surface area contributed by atoms with Crippen LogP contribution in [0.4, 0.5) is 5.69 Å². The van der Waals surface area contributed by atoms with Gasteiger partial charge in [0.25, 0.3) is 5.56 Å². The highest BCUT2D eigenvalue weighted by molar-refractivity contribution is 5.93. The number of amides is 1. The van der Waals surface area contributed by atoms with Gasteiger partial charge in [0.15, 0.2) is 11.2 Å². The molecule has 0 fully saturated rings. The number of hydrogen-bond donors (Lipinski definition) is 1. The van der Waals surface area contributed by atoms with Crippen molar-refractivity contribution in [2.24, 2.45) is 14.1 Å². The van der Waals surface area contributed by atoms with Crippen LogP contribution in [0.25, 0.3) is 11.2 Å². The highest BCUT2D eigenvalue weighted by Crippen LogP contribution is 2.17. The molecule has 3 aromatic rings. The van der Waals surface area contributed by atoms with Crippen molar-refractivity contribution in [2.45, 2.75) is 26.8 Å². The molecule has 0 aliphatic carbocycles. The molecule has 0 spiro atoms. The van der Waals surface area contributed by atoms with Gasteiger partial charge in [-0.25, -0.2) is 9.78 Å². The second kappa shape index (κ2) is 8.66. The van der Waals surface area contributed by atoms with Gasteiger partial charge >= 0.3 is 5.69 Å². The Kier molecular flexibility index (Phi) is 6.21. The third-order valence-electron chi connectivity index (χ3n) is 5.41. The number of aryl methyl sites for hydroxylation is 3. The monoisotopic (exact) mass is 412 g/mol. The quantitative estimate of drug-likeness (QED) is 0.625. The minimum Gasteiger partial charge on any atom is -0.328 e. The first-order valence-corrected chi connectivity index (χ1v) is 9.86. The Morgan fingerprint density at radius 2 is 1.93 bits per heavy atom. The number of nitrogens with one attached hydrogen (secondary N) is 1. The first kappa shape index (κ1) is 21.5. The second-order valence-electron chi connectivity index (χ2n) is 7.71. The topological polar surface area (TPSA) is 94.2 Å². The van der Waals surface area contributed by atoms with Gasteiger partial charge in [-0.15, -0.1) is 0 Å². The largest absolute Gasteiger partial charge is 0.332 e. The van der Waals surface area contributed by atoms with E-state index in [0.29, 0.717) is 24.1 Å². The number of carbonyl (C=O) groups is 1. The summed E-state index contributed by atoms with van der Waals surface area (Å²) in [4.78, 5) is 43.6. The summed E-state index contributed by atoms with van der Waals surface area (Å²) in [6, 6.07) is 5.81. The number of imidazole rings is 1. The van der Waals surface area contributed by atoms with E-state index >= 15 is 0 Å². The van der Waals surface area contributed by atoms with Crippen LogP contribution in [0, 0.1) is 13.8 Å². The van der Waals surface area contributed by atoms with Crippen molar-refractivity contribution in [3.63, 3.8) is 0 Å². The summed E-state index contributed by atoms with van der Waals surface area (Å²) in [6.07, 6.45) is 2.09. The highest BCUT2D eigenvalue weighted by atomic mass is 16.2. The predicted molar refractivity (Wildman–Crippen MR) is 117 cm³/mol. The van der Waals surface area contributed by atoms with E-state index < -0.39 is 0 Å². The van der Waals surface area contributed by atoms with E-state index in [0.717, 1.165) is 16.8 Å². The van der Waals surface area contributed by atoms with Crippen molar-refractivity contribution >= 4 is 22.8 Å². The fourth-order valence-electron chi connectivity index (χ4n) is 3.49. The SMILES string of the molecule is Cc1cccc(NC(=O)CN(C)CCCn2c(=O)c3c(ncn3C)n(C)c2=O)c1C. The number of hydrogen-bond acceptors (Lipinski definition) is 5. The van der Waals surface area contributed by atoms with Crippen LogP contribution in [0.1, 0.15) is 17.5 Å². The van der Waals surface area contributed by atoms with Gasteiger partial charge in [0, 0.05) is 32.9 Å². The number of likely N-dealkylation sites (N-methyl/N-ethyl adjacent to an activating group) is 1. The summed E-state index contributed by atoms with van der Waals surface area (Å²) in [6.45, 7) is 5.05. The number of benzene rings is 1. The molecule has 2 heterocycles. The van der Waals surface area contributed by atoms with Crippen LogP contribution in [0.2, 0.25) is 0 Å². The molecule has 1 amide bonds. The molecule has 0 atom stereocenters. The predicted octanol–water partition coefficient (Wildman–Crippen LogP) is 1.01. The van der Waals surface area contributed by atoms with Crippen molar-refractivity contribution in [3.05, 3.63) is 56.5 Å². The van der Waals surface area contributed by atoms with Crippen LogP contribution < -0.4 is 16.6 Å². The van der Waals surface area contributed by atoms with Crippen molar-refractivity contribution in [1.29, 1.82) is 0 Å². The molecule has 0 bridgehead atoms. The van der Waals surface area contributed by atoms with Crippen LogP contribution in [0.15, 0.2) is 34.1 Å². The standard InChI is InChI=1S/C21H28N6O3/c1-14-8-6-9-16(15(14)2)23-17(28)12-24(3)10-7-11-27-20(29)18-19(22-13-25(18)4)26(5)21(27)30/h6,8-9,13H,7,10-12H2,1-5H3,(H,23,28). The summed E-state index contributed by atoms with van der Waals surface area (Å²) < 4.78 is 4.24. The minimum absolute atomic E-state index is 0.101. The molecule has 2 aromatic heterocycles. The summed E-state index contributed by atoms with van der Waals surface area (Å²) in [5.41, 5.74) is 3.04. The molecule has 3 rings (SSSR count). The van der Waals surface area contributed by atoms with Crippen molar-refractivity contribution in [1.82, 2.24) is 23.6 Å². The van der Waals surface area contributed by atoms with Gasteiger partial charge in [0.2, 0.25) is 5.91 Å². The molecule has 1 aromatic carbocycles. The fraction of sp³-hybridized carbons (Fsp3) is 0.429. The summed E-state index contributed by atoms with van der Waals surface area (Å²) in [5.74, 6) is -0.101. The zero-order valence-electron chi connectivity index (χ0n) is 18.1. The number of rotatable bonds is 7. The minimum atomic E-state index is -0.387. The number of fused-ring (bicyclic) bond motifs is 1. The maximum absolute atomic E-state index is 12.7. The van der Waals surface area contributed by atoms with Gasteiger partial charge in [-0.1, -0.05) is 12.1 Å².